The van der Waals surface area contributed by atoms with Crippen molar-refractivity contribution < 1.29 is 11.3 Å². The maximum absolute atomic E-state index is 10.2. The first kappa shape index (κ1) is 12.8. The number of amides is 1. The van der Waals surface area contributed by atoms with Gasteiger partial charge in [0.2, 0.25) is 5.91 Å². The van der Waals surface area contributed by atoms with Gasteiger partial charge in [-0.3, -0.25) is 4.79 Å². The van der Waals surface area contributed by atoms with Crippen molar-refractivity contribution in [3.05, 3.63) is 12.7 Å². The topological polar surface area (TPSA) is 49.3 Å². The zero-order valence-corrected chi connectivity index (χ0v) is 7.26. The SMILES string of the molecule is C=CC(=O)NCCO.CCC.[HH]. The van der Waals surface area contributed by atoms with E-state index in [0.717, 1.165) is 6.08 Å². The van der Waals surface area contributed by atoms with Crippen LogP contribution < -0.4 is 5.32 Å². The molecule has 0 heterocycles. The summed E-state index contributed by atoms with van der Waals surface area (Å²) in [6.07, 6.45) is 2.41. The quantitative estimate of drug-likeness (QED) is 0.605. The highest BCUT2D eigenvalue weighted by Gasteiger charge is 1.87. The lowest BCUT2D eigenvalue weighted by atomic mass is 10.5. The zero-order valence-electron chi connectivity index (χ0n) is 7.26. The van der Waals surface area contributed by atoms with E-state index >= 15 is 0 Å². The summed E-state index contributed by atoms with van der Waals surface area (Å²) in [5.74, 6) is -0.251. The van der Waals surface area contributed by atoms with Crippen LogP contribution in [0.4, 0.5) is 0 Å². The van der Waals surface area contributed by atoms with Crippen LogP contribution in [-0.4, -0.2) is 24.2 Å². The van der Waals surface area contributed by atoms with Gasteiger partial charge in [-0.2, -0.15) is 0 Å². The van der Waals surface area contributed by atoms with E-state index < -0.39 is 0 Å². The van der Waals surface area contributed by atoms with Gasteiger partial charge in [0.1, 0.15) is 0 Å². The van der Waals surface area contributed by atoms with E-state index in [-0.39, 0.29) is 13.9 Å². The van der Waals surface area contributed by atoms with Gasteiger partial charge in [-0.1, -0.05) is 26.8 Å². The van der Waals surface area contributed by atoms with E-state index in [1.165, 1.54) is 6.42 Å². The zero-order chi connectivity index (χ0) is 9.11. The Bertz CT molecular complexity index is 107. The smallest absolute Gasteiger partial charge is 0.243 e. The van der Waals surface area contributed by atoms with Gasteiger partial charge in [0, 0.05) is 7.97 Å². The molecular weight excluding hydrogens is 142 g/mol. The second-order valence-electron chi connectivity index (χ2n) is 1.93. The van der Waals surface area contributed by atoms with Gasteiger partial charge in [0.15, 0.2) is 0 Å². The summed E-state index contributed by atoms with van der Waals surface area (Å²) in [7, 11) is 0. The summed E-state index contributed by atoms with van der Waals surface area (Å²) in [5, 5.41) is 10.5. The first-order valence-electron chi connectivity index (χ1n) is 3.74. The molecule has 2 N–H and O–H groups in total. The van der Waals surface area contributed by atoms with E-state index in [1.807, 2.05) is 0 Å². The van der Waals surface area contributed by atoms with E-state index in [0.29, 0.717) is 6.54 Å². The number of carbonyl (C=O) groups is 1. The summed E-state index contributed by atoms with van der Waals surface area (Å²) in [6, 6.07) is 0. The number of aliphatic hydroxyl groups is 1. The molecule has 0 fully saturated rings. The summed E-state index contributed by atoms with van der Waals surface area (Å²) < 4.78 is 0. The second-order valence-corrected chi connectivity index (χ2v) is 1.93. The summed E-state index contributed by atoms with van der Waals surface area (Å²) in [5.41, 5.74) is 0. The highest BCUT2D eigenvalue weighted by Crippen LogP contribution is 1.62. The summed E-state index contributed by atoms with van der Waals surface area (Å²) in [6.45, 7) is 7.74. The molecule has 68 valence electrons. The van der Waals surface area contributed by atoms with Crippen LogP contribution >= 0.6 is 0 Å². The predicted octanol–water partition coefficient (Wildman–Crippen LogP) is 0.943. The van der Waals surface area contributed by atoms with Crippen molar-refractivity contribution in [2.75, 3.05) is 13.2 Å². The average molecular weight is 161 g/mol. The Morgan fingerprint density at radius 1 is 1.73 bits per heavy atom. The molecule has 0 aliphatic rings. The van der Waals surface area contributed by atoms with Crippen LogP contribution in [0.5, 0.6) is 0 Å². The van der Waals surface area contributed by atoms with Crippen molar-refractivity contribution in [2.45, 2.75) is 20.3 Å². The summed E-state index contributed by atoms with van der Waals surface area (Å²) in [4.78, 5) is 10.2. The molecular formula is C8H19NO2. The fourth-order valence-corrected chi connectivity index (χ4v) is 0.251. The Labute approximate surface area is 69.6 Å². The van der Waals surface area contributed by atoms with E-state index in [2.05, 4.69) is 25.7 Å². The lowest BCUT2D eigenvalue weighted by Crippen LogP contribution is -2.23. The molecule has 0 bridgehead atoms. The monoisotopic (exact) mass is 161 g/mol. The molecule has 0 aromatic carbocycles. The standard InChI is InChI=1S/C5H9NO2.C3H8.H2/c1-2-5(8)6-3-4-7;1-3-2;/h2,7H,1,3-4H2,(H,6,8);3H2,1-2H3;1H. The minimum absolute atomic E-state index is 0. The highest BCUT2D eigenvalue weighted by molar-refractivity contribution is 5.86. The number of rotatable bonds is 3. The van der Waals surface area contributed by atoms with Crippen molar-refractivity contribution >= 4 is 5.91 Å². The van der Waals surface area contributed by atoms with Crippen molar-refractivity contribution in [1.29, 1.82) is 0 Å². The van der Waals surface area contributed by atoms with Crippen molar-refractivity contribution in [3.8, 4) is 0 Å². The predicted molar refractivity (Wildman–Crippen MR) is 48.4 cm³/mol. The largest absolute Gasteiger partial charge is 0.395 e. The molecule has 3 heteroatoms. The number of hydrogen-bond acceptors (Lipinski definition) is 2. The Morgan fingerprint density at radius 3 is 2.45 bits per heavy atom. The molecule has 0 saturated carbocycles. The maximum atomic E-state index is 10.2. The lowest BCUT2D eigenvalue weighted by Gasteiger charge is -1.94. The molecule has 1 amide bonds. The molecule has 0 spiro atoms. The highest BCUT2D eigenvalue weighted by atomic mass is 16.3. The van der Waals surface area contributed by atoms with Crippen molar-refractivity contribution in [1.82, 2.24) is 5.32 Å². The normalized spacial score (nSPS) is 7.55. The Balaban J connectivity index is -0.000000177. The van der Waals surface area contributed by atoms with E-state index in [1.54, 1.807) is 0 Å². The second kappa shape index (κ2) is 11.9. The van der Waals surface area contributed by atoms with Crippen LogP contribution in [0.1, 0.15) is 21.7 Å². The number of nitrogens with one attached hydrogen (secondary N) is 1. The summed E-state index contributed by atoms with van der Waals surface area (Å²) >= 11 is 0. The minimum atomic E-state index is -0.251. The molecule has 0 aromatic rings. The van der Waals surface area contributed by atoms with Gasteiger partial charge in [-0.25, -0.2) is 0 Å². The first-order chi connectivity index (χ1) is 5.22. The van der Waals surface area contributed by atoms with Gasteiger partial charge in [0.05, 0.1) is 6.61 Å². The van der Waals surface area contributed by atoms with Gasteiger partial charge in [-0.15, -0.1) is 0 Å². The molecule has 0 unspecified atom stereocenters. The van der Waals surface area contributed by atoms with E-state index in [4.69, 9.17) is 5.11 Å². The Morgan fingerprint density at radius 2 is 2.18 bits per heavy atom. The third-order valence-corrected chi connectivity index (χ3v) is 0.596. The number of carbonyl (C=O) groups excluding carboxylic acids is 1. The van der Waals surface area contributed by atoms with Gasteiger partial charge >= 0.3 is 0 Å². The third-order valence-electron chi connectivity index (χ3n) is 0.596. The van der Waals surface area contributed by atoms with Gasteiger partial charge < -0.3 is 10.4 Å². The van der Waals surface area contributed by atoms with Crippen LogP contribution in [0.2, 0.25) is 0 Å². The van der Waals surface area contributed by atoms with Crippen molar-refractivity contribution in [3.63, 3.8) is 0 Å². The Hall–Kier alpha value is -0.830. The average Bonchev–Trinajstić information content (AvgIpc) is 2.02. The molecule has 0 atom stereocenters. The van der Waals surface area contributed by atoms with Crippen LogP contribution in [-0.2, 0) is 4.79 Å². The molecule has 3 nitrogen and oxygen atoms in total. The molecule has 0 radical (unpaired) electrons. The molecule has 0 aromatic heterocycles. The van der Waals surface area contributed by atoms with Crippen molar-refractivity contribution in [2.24, 2.45) is 0 Å². The van der Waals surface area contributed by atoms with Gasteiger partial charge in [0.25, 0.3) is 0 Å². The minimum Gasteiger partial charge on any atom is -0.395 e. The first-order valence-corrected chi connectivity index (χ1v) is 3.74. The third kappa shape index (κ3) is 17.6. The van der Waals surface area contributed by atoms with Gasteiger partial charge in [-0.05, 0) is 6.08 Å². The van der Waals surface area contributed by atoms with Crippen LogP contribution in [0.25, 0.3) is 0 Å². The molecule has 11 heavy (non-hydrogen) atoms. The van der Waals surface area contributed by atoms with Crippen LogP contribution in [0, 0.1) is 0 Å². The molecule has 0 rings (SSSR count). The maximum Gasteiger partial charge on any atom is 0.243 e. The number of hydrogen-bond donors (Lipinski definition) is 2. The fraction of sp³-hybridized carbons (Fsp3) is 0.625. The Kier molecular flexibility index (Phi) is 13.9. The van der Waals surface area contributed by atoms with Crippen LogP contribution in [0.15, 0.2) is 12.7 Å². The lowest BCUT2D eigenvalue weighted by molar-refractivity contribution is -0.116. The molecule has 0 saturated heterocycles. The molecule has 0 aliphatic carbocycles. The fourth-order valence-electron chi connectivity index (χ4n) is 0.251. The molecule has 0 aliphatic heterocycles. The van der Waals surface area contributed by atoms with E-state index in [9.17, 15) is 4.79 Å². The number of aliphatic hydroxyl groups excluding tert-OH is 1. The van der Waals surface area contributed by atoms with Crippen LogP contribution in [0.3, 0.4) is 0 Å².